The molecule has 0 aliphatic heterocycles. The van der Waals surface area contributed by atoms with Crippen LogP contribution in [0.5, 0.6) is 0 Å². The van der Waals surface area contributed by atoms with Crippen LogP contribution in [-0.2, 0) is 16.6 Å². The SMILES string of the molecule is Cc1nc(NCc2ccc(S(N)(=O)=O)s2)c2c(-c3cccs3)csc2n1. The van der Waals surface area contributed by atoms with E-state index in [4.69, 9.17) is 5.14 Å². The van der Waals surface area contributed by atoms with Crippen molar-refractivity contribution in [3.63, 3.8) is 0 Å². The number of sulfonamides is 1. The Labute approximate surface area is 162 Å². The lowest BCUT2D eigenvalue weighted by Gasteiger charge is -2.08. The molecule has 4 aromatic heterocycles. The summed E-state index contributed by atoms with van der Waals surface area (Å²) in [4.78, 5) is 12.1. The number of primary sulfonamides is 1. The highest BCUT2D eigenvalue weighted by molar-refractivity contribution is 7.91. The zero-order chi connectivity index (χ0) is 18.3. The molecule has 0 saturated heterocycles. The smallest absolute Gasteiger partial charge is 0.247 e. The number of nitrogens with one attached hydrogen (secondary N) is 1. The van der Waals surface area contributed by atoms with Crippen molar-refractivity contribution < 1.29 is 8.42 Å². The summed E-state index contributed by atoms with van der Waals surface area (Å²) in [6, 6.07) is 7.38. The van der Waals surface area contributed by atoms with Gasteiger partial charge in [0, 0.05) is 20.7 Å². The van der Waals surface area contributed by atoms with E-state index < -0.39 is 10.0 Å². The van der Waals surface area contributed by atoms with Gasteiger partial charge in [0.2, 0.25) is 10.0 Å². The predicted octanol–water partition coefficient (Wildman–Crippen LogP) is 4.05. The number of thiophene rings is 3. The molecule has 0 bridgehead atoms. The molecule has 3 N–H and O–H groups in total. The second kappa shape index (κ2) is 6.71. The van der Waals surface area contributed by atoms with Gasteiger partial charge in [0.25, 0.3) is 0 Å². The van der Waals surface area contributed by atoms with Crippen LogP contribution in [-0.4, -0.2) is 18.4 Å². The predicted molar refractivity (Wildman–Crippen MR) is 108 cm³/mol. The van der Waals surface area contributed by atoms with Crippen molar-refractivity contribution in [3.8, 4) is 10.4 Å². The minimum atomic E-state index is -3.67. The van der Waals surface area contributed by atoms with E-state index in [1.165, 1.54) is 10.9 Å². The Hall–Kier alpha value is -1.85. The Kier molecular flexibility index (Phi) is 4.53. The Morgan fingerprint density at radius 2 is 2.04 bits per heavy atom. The van der Waals surface area contributed by atoms with E-state index >= 15 is 0 Å². The summed E-state index contributed by atoms with van der Waals surface area (Å²) in [6.45, 7) is 2.32. The van der Waals surface area contributed by atoms with Crippen LogP contribution in [0.1, 0.15) is 10.7 Å². The second-order valence-corrected chi connectivity index (χ2v) is 10.3. The van der Waals surface area contributed by atoms with Crippen molar-refractivity contribution in [3.05, 3.63) is 45.7 Å². The molecule has 4 rings (SSSR count). The summed E-state index contributed by atoms with van der Waals surface area (Å²) in [5.41, 5.74) is 1.11. The highest BCUT2D eigenvalue weighted by Crippen LogP contribution is 2.39. The third-order valence-corrected chi connectivity index (χ3v) is 7.98. The van der Waals surface area contributed by atoms with Gasteiger partial charge in [-0.15, -0.1) is 34.0 Å². The van der Waals surface area contributed by atoms with Gasteiger partial charge in [-0.05, 0) is 30.5 Å². The number of nitrogens with zero attached hydrogens (tertiary/aromatic N) is 2. The monoisotopic (exact) mass is 422 g/mol. The number of anilines is 1. The van der Waals surface area contributed by atoms with E-state index in [1.807, 2.05) is 18.4 Å². The maximum absolute atomic E-state index is 11.4. The van der Waals surface area contributed by atoms with Gasteiger partial charge in [0.1, 0.15) is 20.7 Å². The van der Waals surface area contributed by atoms with Crippen molar-refractivity contribution in [2.24, 2.45) is 5.14 Å². The van der Waals surface area contributed by atoms with Crippen LogP contribution in [0.2, 0.25) is 0 Å². The van der Waals surface area contributed by atoms with Crippen LogP contribution in [0, 0.1) is 6.92 Å². The molecular weight excluding hydrogens is 408 g/mol. The molecule has 134 valence electrons. The molecule has 0 aliphatic rings. The Morgan fingerprint density at radius 1 is 1.19 bits per heavy atom. The molecule has 0 unspecified atom stereocenters. The van der Waals surface area contributed by atoms with E-state index in [2.05, 4.69) is 26.7 Å². The van der Waals surface area contributed by atoms with Gasteiger partial charge in [-0.25, -0.2) is 23.5 Å². The molecule has 4 heterocycles. The normalized spacial score (nSPS) is 11.9. The number of hydrogen-bond donors (Lipinski definition) is 2. The summed E-state index contributed by atoms with van der Waals surface area (Å²) in [5, 5.41) is 13.6. The first-order valence-electron chi connectivity index (χ1n) is 7.57. The van der Waals surface area contributed by atoms with Gasteiger partial charge >= 0.3 is 0 Å². The van der Waals surface area contributed by atoms with Crippen LogP contribution in [0.15, 0.2) is 39.2 Å². The van der Waals surface area contributed by atoms with Gasteiger partial charge in [0.05, 0.1) is 11.9 Å². The highest BCUT2D eigenvalue weighted by atomic mass is 32.2. The molecule has 0 aromatic carbocycles. The maximum Gasteiger partial charge on any atom is 0.247 e. The van der Waals surface area contributed by atoms with Gasteiger partial charge < -0.3 is 5.32 Å². The first-order valence-corrected chi connectivity index (χ1v) is 11.7. The molecule has 0 saturated carbocycles. The molecule has 0 amide bonds. The van der Waals surface area contributed by atoms with E-state index in [9.17, 15) is 8.42 Å². The fourth-order valence-corrected chi connectivity index (χ4v) is 6.09. The number of rotatable bonds is 5. The molecule has 0 radical (unpaired) electrons. The molecule has 0 spiro atoms. The summed E-state index contributed by atoms with van der Waals surface area (Å²) < 4.78 is 23.0. The fourth-order valence-electron chi connectivity index (χ4n) is 2.57. The lowest BCUT2D eigenvalue weighted by molar-refractivity contribution is 0.600. The third-order valence-electron chi connectivity index (χ3n) is 3.68. The lowest BCUT2D eigenvalue weighted by atomic mass is 10.2. The van der Waals surface area contributed by atoms with Crippen molar-refractivity contribution in [1.82, 2.24) is 9.97 Å². The number of aromatic nitrogens is 2. The minimum Gasteiger partial charge on any atom is -0.365 e. The molecule has 0 aliphatic carbocycles. The zero-order valence-corrected chi connectivity index (χ0v) is 16.9. The van der Waals surface area contributed by atoms with Gasteiger partial charge in [0.15, 0.2) is 0 Å². The minimum absolute atomic E-state index is 0.160. The van der Waals surface area contributed by atoms with Crippen LogP contribution in [0.3, 0.4) is 0 Å². The van der Waals surface area contributed by atoms with Crippen molar-refractivity contribution >= 4 is 60.1 Å². The Balaban J connectivity index is 1.70. The average molecular weight is 423 g/mol. The zero-order valence-electron chi connectivity index (χ0n) is 13.6. The van der Waals surface area contributed by atoms with E-state index in [-0.39, 0.29) is 4.21 Å². The average Bonchev–Trinajstić information content (AvgIpc) is 3.30. The summed E-state index contributed by atoms with van der Waals surface area (Å²) in [6.07, 6.45) is 0. The van der Waals surface area contributed by atoms with Crippen LogP contribution >= 0.6 is 34.0 Å². The van der Waals surface area contributed by atoms with Gasteiger partial charge in [-0.1, -0.05) is 6.07 Å². The molecular formula is C16H14N4O2S4. The molecule has 10 heteroatoms. The van der Waals surface area contributed by atoms with Crippen molar-refractivity contribution in [2.45, 2.75) is 17.7 Å². The van der Waals surface area contributed by atoms with Crippen LogP contribution in [0.4, 0.5) is 5.82 Å². The molecule has 0 atom stereocenters. The van der Waals surface area contributed by atoms with Crippen molar-refractivity contribution in [1.29, 1.82) is 0 Å². The Morgan fingerprint density at radius 3 is 2.73 bits per heavy atom. The summed E-state index contributed by atoms with van der Waals surface area (Å²) in [7, 11) is -3.67. The third kappa shape index (κ3) is 3.38. The van der Waals surface area contributed by atoms with Crippen molar-refractivity contribution in [2.75, 3.05) is 5.32 Å². The first kappa shape index (κ1) is 17.6. The molecule has 0 fully saturated rings. The quantitative estimate of drug-likeness (QED) is 0.506. The fraction of sp³-hybridized carbons (Fsp3) is 0.125. The number of fused-ring (bicyclic) bond motifs is 1. The standard InChI is InChI=1S/C16H14N4O2S4/c1-9-19-15(18-7-10-4-5-13(25-10)26(17,21)22)14-11(8-24-16(14)20-9)12-3-2-6-23-12/h2-6,8H,7H2,1H3,(H2,17,21,22)(H,18,19,20). The highest BCUT2D eigenvalue weighted by Gasteiger charge is 2.16. The summed E-state index contributed by atoms with van der Waals surface area (Å²) >= 11 is 4.42. The van der Waals surface area contributed by atoms with E-state index in [1.54, 1.807) is 28.7 Å². The topological polar surface area (TPSA) is 98.0 Å². The van der Waals surface area contributed by atoms with E-state index in [0.717, 1.165) is 37.8 Å². The van der Waals surface area contributed by atoms with Crippen LogP contribution < -0.4 is 10.5 Å². The van der Waals surface area contributed by atoms with Gasteiger partial charge in [-0.2, -0.15) is 0 Å². The number of nitrogens with two attached hydrogens (primary N) is 1. The molecule has 26 heavy (non-hydrogen) atoms. The molecule has 6 nitrogen and oxygen atoms in total. The van der Waals surface area contributed by atoms with Crippen LogP contribution in [0.25, 0.3) is 20.7 Å². The second-order valence-electron chi connectivity index (χ2n) is 5.55. The summed E-state index contributed by atoms with van der Waals surface area (Å²) in [5.74, 6) is 1.44. The number of aryl methyl sites for hydroxylation is 1. The lowest BCUT2D eigenvalue weighted by Crippen LogP contribution is -2.09. The molecule has 4 aromatic rings. The first-order chi connectivity index (χ1) is 12.4. The largest absolute Gasteiger partial charge is 0.365 e. The maximum atomic E-state index is 11.4. The van der Waals surface area contributed by atoms with Gasteiger partial charge in [-0.3, -0.25) is 0 Å². The Bertz CT molecular complexity index is 1180. The van der Waals surface area contributed by atoms with E-state index in [0.29, 0.717) is 12.4 Å². The number of hydrogen-bond acceptors (Lipinski definition) is 8.